The number of nitrogens with one attached hydrogen (secondary N) is 1. The minimum atomic E-state index is -0.706. The summed E-state index contributed by atoms with van der Waals surface area (Å²) in [6.45, 7) is 3.81. The number of aromatic nitrogens is 2. The Bertz CT molecular complexity index is 1040. The fourth-order valence-corrected chi connectivity index (χ4v) is 3.42. The van der Waals surface area contributed by atoms with Crippen LogP contribution >= 0.6 is 11.3 Å². The van der Waals surface area contributed by atoms with Gasteiger partial charge in [0.25, 0.3) is 5.89 Å². The molecule has 1 N–H and O–H groups in total. The standard InChI is InChI=1S/C20H22N4O4S/c1-3-10-23(12-17(25)21-15-8-5-4-7-14(15)2)18(26)13-24-20(27)28-19(22-24)16-9-6-11-29-16/h4-9,11H,3,10,12-13H2,1-2H3,(H,21,25). The summed E-state index contributed by atoms with van der Waals surface area (Å²) in [5.41, 5.74) is 1.64. The maximum atomic E-state index is 12.7. The molecule has 1 aromatic carbocycles. The minimum absolute atomic E-state index is 0.106. The van der Waals surface area contributed by atoms with Crippen LogP contribution in [0.1, 0.15) is 18.9 Å². The van der Waals surface area contributed by atoms with Crippen molar-refractivity contribution in [3.05, 3.63) is 57.9 Å². The Labute approximate surface area is 171 Å². The number of carbonyl (C=O) groups excluding carboxylic acids is 2. The molecule has 2 amide bonds. The van der Waals surface area contributed by atoms with Crippen LogP contribution in [0.5, 0.6) is 0 Å². The molecule has 0 aliphatic heterocycles. The van der Waals surface area contributed by atoms with Gasteiger partial charge in [0.2, 0.25) is 11.8 Å². The Morgan fingerprint density at radius 3 is 2.72 bits per heavy atom. The van der Waals surface area contributed by atoms with Gasteiger partial charge < -0.3 is 14.6 Å². The molecule has 3 aromatic rings. The van der Waals surface area contributed by atoms with Gasteiger partial charge in [-0.15, -0.1) is 16.4 Å². The van der Waals surface area contributed by atoms with Gasteiger partial charge in [0, 0.05) is 12.2 Å². The van der Waals surface area contributed by atoms with E-state index in [9.17, 15) is 14.4 Å². The largest absolute Gasteiger partial charge is 0.437 e. The first kappa shape index (κ1) is 20.5. The molecule has 0 saturated heterocycles. The van der Waals surface area contributed by atoms with Crippen LogP contribution in [0.4, 0.5) is 5.69 Å². The molecule has 0 unspecified atom stereocenters. The normalized spacial score (nSPS) is 10.7. The topological polar surface area (TPSA) is 97.4 Å². The van der Waals surface area contributed by atoms with Crippen molar-refractivity contribution >= 4 is 28.8 Å². The summed E-state index contributed by atoms with van der Waals surface area (Å²) in [6.07, 6.45) is 0.678. The molecule has 3 rings (SSSR count). The van der Waals surface area contributed by atoms with E-state index in [2.05, 4.69) is 10.4 Å². The summed E-state index contributed by atoms with van der Waals surface area (Å²) < 4.78 is 6.12. The average molecular weight is 414 g/mol. The van der Waals surface area contributed by atoms with Crippen LogP contribution in [-0.4, -0.2) is 39.6 Å². The summed E-state index contributed by atoms with van der Waals surface area (Å²) in [4.78, 5) is 39.3. The molecular weight excluding hydrogens is 392 g/mol. The van der Waals surface area contributed by atoms with E-state index in [1.165, 1.54) is 16.2 Å². The van der Waals surface area contributed by atoms with E-state index in [1.54, 1.807) is 12.1 Å². The molecule has 0 bridgehead atoms. The van der Waals surface area contributed by atoms with Crippen molar-refractivity contribution in [3.63, 3.8) is 0 Å². The van der Waals surface area contributed by atoms with Gasteiger partial charge in [0.15, 0.2) is 0 Å². The first-order chi connectivity index (χ1) is 14.0. The number of aryl methyl sites for hydroxylation is 1. The van der Waals surface area contributed by atoms with Crippen LogP contribution in [-0.2, 0) is 16.1 Å². The molecule has 29 heavy (non-hydrogen) atoms. The van der Waals surface area contributed by atoms with Crippen LogP contribution in [0.2, 0.25) is 0 Å². The second kappa shape index (κ2) is 9.33. The zero-order valence-corrected chi connectivity index (χ0v) is 17.1. The second-order valence-corrected chi connectivity index (χ2v) is 7.43. The maximum Gasteiger partial charge on any atom is 0.437 e. The fraction of sp³-hybridized carbons (Fsp3) is 0.300. The first-order valence-electron chi connectivity index (χ1n) is 9.23. The van der Waals surface area contributed by atoms with Gasteiger partial charge >= 0.3 is 5.76 Å². The van der Waals surface area contributed by atoms with Crippen LogP contribution in [0.15, 0.2) is 51.0 Å². The number of hydrogen-bond donors (Lipinski definition) is 1. The predicted octanol–water partition coefficient (Wildman–Crippen LogP) is 2.75. The van der Waals surface area contributed by atoms with Crippen molar-refractivity contribution in [1.82, 2.24) is 14.7 Å². The Morgan fingerprint density at radius 2 is 2.03 bits per heavy atom. The number of hydrogen-bond acceptors (Lipinski definition) is 6. The van der Waals surface area contributed by atoms with Gasteiger partial charge in [-0.1, -0.05) is 31.2 Å². The predicted molar refractivity (Wildman–Crippen MR) is 111 cm³/mol. The lowest BCUT2D eigenvalue weighted by atomic mass is 10.2. The minimum Gasteiger partial charge on any atom is -0.387 e. The molecule has 0 fully saturated rings. The van der Waals surface area contributed by atoms with E-state index in [0.717, 1.165) is 10.2 Å². The van der Waals surface area contributed by atoms with Crippen molar-refractivity contribution in [2.45, 2.75) is 26.8 Å². The van der Waals surface area contributed by atoms with E-state index >= 15 is 0 Å². The SMILES string of the molecule is CCCN(CC(=O)Nc1ccccc1C)C(=O)Cn1nc(-c2cccs2)oc1=O. The molecule has 152 valence electrons. The molecule has 0 radical (unpaired) electrons. The smallest absolute Gasteiger partial charge is 0.387 e. The summed E-state index contributed by atoms with van der Waals surface area (Å²) in [5, 5.41) is 8.75. The molecule has 0 aliphatic carbocycles. The maximum absolute atomic E-state index is 12.7. The number of para-hydroxylation sites is 1. The second-order valence-electron chi connectivity index (χ2n) is 6.49. The quantitative estimate of drug-likeness (QED) is 0.611. The highest BCUT2D eigenvalue weighted by molar-refractivity contribution is 7.13. The van der Waals surface area contributed by atoms with Crippen molar-refractivity contribution in [3.8, 4) is 10.8 Å². The molecule has 8 nitrogen and oxygen atoms in total. The van der Waals surface area contributed by atoms with Crippen molar-refractivity contribution in [2.24, 2.45) is 0 Å². The van der Waals surface area contributed by atoms with E-state index in [1.807, 2.05) is 43.5 Å². The third-order valence-electron chi connectivity index (χ3n) is 4.22. The van der Waals surface area contributed by atoms with Crippen molar-refractivity contribution < 1.29 is 14.0 Å². The number of thiophene rings is 1. The van der Waals surface area contributed by atoms with E-state index < -0.39 is 5.76 Å². The Kier molecular flexibility index (Phi) is 6.61. The molecule has 0 atom stereocenters. The number of benzene rings is 1. The number of amides is 2. The van der Waals surface area contributed by atoms with Crippen molar-refractivity contribution in [1.29, 1.82) is 0 Å². The molecule has 2 aromatic heterocycles. The van der Waals surface area contributed by atoms with Crippen LogP contribution in [0.3, 0.4) is 0 Å². The van der Waals surface area contributed by atoms with Gasteiger partial charge in [-0.25, -0.2) is 4.79 Å². The summed E-state index contributed by atoms with van der Waals surface area (Å²) in [6, 6.07) is 11.0. The number of carbonyl (C=O) groups is 2. The average Bonchev–Trinajstić information content (AvgIpc) is 3.34. The van der Waals surface area contributed by atoms with Gasteiger partial charge in [-0.3, -0.25) is 9.59 Å². The van der Waals surface area contributed by atoms with Crippen molar-refractivity contribution in [2.75, 3.05) is 18.4 Å². The highest BCUT2D eigenvalue weighted by Gasteiger charge is 2.20. The highest BCUT2D eigenvalue weighted by atomic mass is 32.1. The summed E-state index contributed by atoms with van der Waals surface area (Å²) in [7, 11) is 0. The van der Waals surface area contributed by atoms with Gasteiger partial charge in [0.1, 0.15) is 6.54 Å². The Morgan fingerprint density at radius 1 is 1.24 bits per heavy atom. The number of rotatable bonds is 8. The summed E-state index contributed by atoms with van der Waals surface area (Å²) >= 11 is 1.39. The van der Waals surface area contributed by atoms with E-state index in [-0.39, 0.29) is 30.8 Å². The van der Waals surface area contributed by atoms with Gasteiger partial charge in [0.05, 0.1) is 11.4 Å². The van der Waals surface area contributed by atoms with E-state index in [4.69, 9.17) is 4.42 Å². The number of nitrogens with zero attached hydrogens (tertiary/aromatic N) is 3. The third-order valence-corrected chi connectivity index (χ3v) is 5.08. The highest BCUT2D eigenvalue weighted by Crippen LogP contribution is 2.21. The molecule has 9 heteroatoms. The Balaban J connectivity index is 1.67. The summed E-state index contributed by atoms with van der Waals surface area (Å²) in [5.74, 6) is -1.20. The van der Waals surface area contributed by atoms with E-state index in [0.29, 0.717) is 23.5 Å². The zero-order valence-electron chi connectivity index (χ0n) is 16.3. The fourth-order valence-electron chi connectivity index (χ4n) is 2.77. The molecule has 0 spiro atoms. The lowest BCUT2D eigenvalue weighted by molar-refractivity contribution is -0.135. The lowest BCUT2D eigenvalue weighted by Gasteiger charge is -2.21. The van der Waals surface area contributed by atoms with Gasteiger partial charge in [-0.2, -0.15) is 4.68 Å². The lowest BCUT2D eigenvalue weighted by Crippen LogP contribution is -2.41. The van der Waals surface area contributed by atoms with Crippen LogP contribution in [0.25, 0.3) is 10.8 Å². The first-order valence-corrected chi connectivity index (χ1v) is 10.1. The molecule has 2 heterocycles. The zero-order chi connectivity index (χ0) is 20.8. The van der Waals surface area contributed by atoms with Crippen LogP contribution in [0, 0.1) is 6.92 Å². The number of anilines is 1. The van der Waals surface area contributed by atoms with Gasteiger partial charge in [-0.05, 0) is 36.4 Å². The molecule has 0 aliphatic rings. The van der Waals surface area contributed by atoms with Crippen LogP contribution < -0.4 is 11.1 Å². The Hall–Kier alpha value is -3.20. The monoisotopic (exact) mass is 414 g/mol. The third kappa shape index (κ3) is 5.20. The molecular formula is C20H22N4O4S. The molecule has 0 saturated carbocycles.